The summed E-state index contributed by atoms with van der Waals surface area (Å²) in [6, 6.07) is -0.0901. The Kier molecular flexibility index (Phi) is 6.22. The van der Waals surface area contributed by atoms with Crippen LogP contribution in [-0.2, 0) is 9.53 Å². The molecular weight excluding hydrogens is 258 g/mol. The first-order chi connectivity index (χ1) is 9.70. The number of β-amino-alcohol motifs (C(OH)–C–C–N with tert-alkyl or cyclic N) is 1. The first-order valence-electron chi connectivity index (χ1n) is 7.67. The third kappa shape index (κ3) is 4.41. The van der Waals surface area contributed by atoms with Crippen LogP contribution in [0, 0.1) is 0 Å². The standard InChI is InChI=1S/C14H27N3O3/c1-12(14(19)15-11-13-3-2-10-20-13)17-6-4-16(5-7-17)8-9-18/h12-13,18H,2-11H2,1H3,(H,15,19)/t12-,13+/m0/s1. The number of aliphatic hydroxyl groups excluding tert-OH is 1. The molecule has 2 N–H and O–H groups in total. The molecule has 0 unspecified atom stereocenters. The van der Waals surface area contributed by atoms with Gasteiger partial charge >= 0.3 is 0 Å². The summed E-state index contributed by atoms with van der Waals surface area (Å²) in [6.07, 6.45) is 2.35. The highest BCUT2D eigenvalue weighted by Gasteiger charge is 2.26. The maximum Gasteiger partial charge on any atom is 0.237 e. The minimum atomic E-state index is -0.0901. The van der Waals surface area contributed by atoms with Crippen LogP contribution in [0.15, 0.2) is 0 Å². The number of nitrogens with one attached hydrogen (secondary N) is 1. The molecule has 2 fully saturated rings. The van der Waals surface area contributed by atoms with Crippen LogP contribution in [0.5, 0.6) is 0 Å². The van der Waals surface area contributed by atoms with Crippen molar-refractivity contribution >= 4 is 5.91 Å². The number of carbonyl (C=O) groups is 1. The number of carbonyl (C=O) groups excluding carboxylic acids is 1. The summed E-state index contributed by atoms with van der Waals surface area (Å²) in [5.74, 6) is 0.0936. The van der Waals surface area contributed by atoms with Crippen LogP contribution < -0.4 is 5.32 Å². The molecule has 0 radical (unpaired) electrons. The van der Waals surface area contributed by atoms with Crippen LogP contribution in [-0.4, -0.2) is 85.4 Å². The Morgan fingerprint density at radius 2 is 2.15 bits per heavy atom. The lowest BCUT2D eigenvalue weighted by molar-refractivity contribution is -0.127. The molecule has 0 aromatic heterocycles. The van der Waals surface area contributed by atoms with Crippen molar-refractivity contribution in [2.75, 3.05) is 52.5 Å². The minimum absolute atomic E-state index is 0.0901. The van der Waals surface area contributed by atoms with Gasteiger partial charge in [-0.05, 0) is 19.8 Å². The van der Waals surface area contributed by atoms with Crippen LogP contribution in [0.4, 0.5) is 0 Å². The lowest BCUT2D eigenvalue weighted by Crippen LogP contribution is -2.54. The fraction of sp³-hybridized carbons (Fsp3) is 0.929. The molecule has 0 aromatic carbocycles. The maximum atomic E-state index is 12.1. The number of amides is 1. The molecule has 0 aromatic rings. The minimum Gasteiger partial charge on any atom is -0.395 e. The van der Waals surface area contributed by atoms with E-state index in [1.807, 2.05) is 6.92 Å². The van der Waals surface area contributed by atoms with E-state index in [0.717, 1.165) is 52.2 Å². The molecule has 116 valence electrons. The zero-order valence-electron chi connectivity index (χ0n) is 12.4. The normalized spacial score (nSPS) is 26.6. The summed E-state index contributed by atoms with van der Waals surface area (Å²) in [7, 11) is 0. The second kappa shape index (κ2) is 7.93. The summed E-state index contributed by atoms with van der Waals surface area (Å²) in [5, 5.41) is 11.9. The highest BCUT2D eigenvalue weighted by molar-refractivity contribution is 5.81. The van der Waals surface area contributed by atoms with E-state index in [4.69, 9.17) is 9.84 Å². The number of aliphatic hydroxyl groups is 1. The second-order valence-corrected chi connectivity index (χ2v) is 5.66. The summed E-state index contributed by atoms with van der Waals surface area (Å²) >= 11 is 0. The first-order valence-corrected chi connectivity index (χ1v) is 7.67. The molecule has 2 heterocycles. The predicted molar refractivity (Wildman–Crippen MR) is 76.5 cm³/mol. The van der Waals surface area contributed by atoms with Gasteiger partial charge in [0.25, 0.3) is 0 Å². The maximum absolute atomic E-state index is 12.1. The van der Waals surface area contributed by atoms with E-state index in [2.05, 4.69) is 15.1 Å². The van der Waals surface area contributed by atoms with Gasteiger partial charge in [-0.1, -0.05) is 0 Å². The molecule has 2 aliphatic rings. The highest BCUT2D eigenvalue weighted by Crippen LogP contribution is 2.11. The van der Waals surface area contributed by atoms with Crippen molar-refractivity contribution in [2.24, 2.45) is 0 Å². The average molecular weight is 285 g/mol. The Balaban J connectivity index is 1.67. The number of rotatable bonds is 6. The van der Waals surface area contributed by atoms with Crippen molar-refractivity contribution in [3.8, 4) is 0 Å². The van der Waals surface area contributed by atoms with Gasteiger partial charge in [0.1, 0.15) is 0 Å². The van der Waals surface area contributed by atoms with Crippen molar-refractivity contribution in [3.05, 3.63) is 0 Å². The fourth-order valence-corrected chi connectivity index (χ4v) is 2.85. The summed E-state index contributed by atoms with van der Waals surface area (Å²) < 4.78 is 5.51. The van der Waals surface area contributed by atoms with Gasteiger partial charge in [0.2, 0.25) is 5.91 Å². The number of hydrogen-bond acceptors (Lipinski definition) is 5. The smallest absolute Gasteiger partial charge is 0.237 e. The van der Waals surface area contributed by atoms with Gasteiger partial charge in [-0.3, -0.25) is 14.6 Å². The molecule has 0 aliphatic carbocycles. The van der Waals surface area contributed by atoms with Crippen molar-refractivity contribution in [2.45, 2.75) is 31.9 Å². The molecule has 0 saturated carbocycles. The molecular formula is C14H27N3O3. The topological polar surface area (TPSA) is 65.0 Å². The van der Waals surface area contributed by atoms with Crippen molar-refractivity contribution in [1.82, 2.24) is 15.1 Å². The summed E-state index contributed by atoms with van der Waals surface area (Å²) in [4.78, 5) is 16.6. The average Bonchev–Trinajstić information content (AvgIpc) is 2.98. The van der Waals surface area contributed by atoms with E-state index in [1.54, 1.807) is 0 Å². The van der Waals surface area contributed by atoms with E-state index < -0.39 is 0 Å². The van der Waals surface area contributed by atoms with Gasteiger partial charge in [0.15, 0.2) is 0 Å². The van der Waals surface area contributed by atoms with Gasteiger partial charge in [-0.25, -0.2) is 0 Å². The van der Waals surface area contributed by atoms with Crippen LogP contribution in [0.3, 0.4) is 0 Å². The van der Waals surface area contributed by atoms with Crippen LogP contribution in [0.2, 0.25) is 0 Å². The molecule has 2 rings (SSSR count). The Morgan fingerprint density at radius 3 is 2.75 bits per heavy atom. The Bertz CT molecular complexity index is 300. The Morgan fingerprint density at radius 1 is 1.40 bits per heavy atom. The van der Waals surface area contributed by atoms with Crippen LogP contribution >= 0.6 is 0 Å². The van der Waals surface area contributed by atoms with Gasteiger partial charge in [0, 0.05) is 45.9 Å². The van der Waals surface area contributed by atoms with Gasteiger partial charge < -0.3 is 15.2 Å². The van der Waals surface area contributed by atoms with Crippen molar-refractivity contribution in [3.63, 3.8) is 0 Å². The van der Waals surface area contributed by atoms with Crippen LogP contribution in [0.1, 0.15) is 19.8 Å². The molecule has 1 amide bonds. The predicted octanol–water partition coefficient (Wildman–Crippen LogP) is -0.720. The van der Waals surface area contributed by atoms with Gasteiger partial charge in [-0.15, -0.1) is 0 Å². The highest BCUT2D eigenvalue weighted by atomic mass is 16.5. The zero-order valence-corrected chi connectivity index (χ0v) is 12.4. The summed E-state index contributed by atoms with van der Waals surface area (Å²) in [6.45, 7) is 7.96. The molecule has 2 aliphatic heterocycles. The Hall–Kier alpha value is -0.690. The van der Waals surface area contributed by atoms with E-state index in [-0.39, 0.29) is 24.7 Å². The molecule has 2 saturated heterocycles. The SMILES string of the molecule is C[C@@H](C(=O)NC[C@H]1CCCO1)N1CCN(CCO)CC1. The molecule has 0 spiro atoms. The molecule has 6 heteroatoms. The molecule has 6 nitrogen and oxygen atoms in total. The third-order valence-electron chi connectivity index (χ3n) is 4.28. The fourth-order valence-electron chi connectivity index (χ4n) is 2.85. The number of piperazine rings is 1. The van der Waals surface area contributed by atoms with E-state index in [0.29, 0.717) is 6.54 Å². The lowest BCUT2D eigenvalue weighted by Gasteiger charge is -2.37. The largest absolute Gasteiger partial charge is 0.395 e. The molecule has 2 atom stereocenters. The summed E-state index contributed by atoms with van der Waals surface area (Å²) in [5.41, 5.74) is 0. The number of nitrogens with zero attached hydrogens (tertiary/aromatic N) is 2. The van der Waals surface area contributed by atoms with E-state index >= 15 is 0 Å². The Labute approximate surface area is 121 Å². The van der Waals surface area contributed by atoms with Crippen molar-refractivity contribution in [1.29, 1.82) is 0 Å². The molecule has 20 heavy (non-hydrogen) atoms. The zero-order chi connectivity index (χ0) is 14.4. The molecule has 0 bridgehead atoms. The van der Waals surface area contributed by atoms with Crippen molar-refractivity contribution < 1.29 is 14.6 Å². The second-order valence-electron chi connectivity index (χ2n) is 5.66. The first kappa shape index (κ1) is 15.7. The van der Waals surface area contributed by atoms with E-state index in [9.17, 15) is 4.79 Å². The lowest BCUT2D eigenvalue weighted by atomic mass is 10.2. The number of ether oxygens (including phenoxy) is 1. The van der Waals surface area contributed by atoms with Gasteiger partial charge in [-0.2, -0.15) is 0 Å². The van der Waals surface area contributed by atoms with Gasteiger partial charge in [0.05, 0.1) is 18.8 Å². The van der Waals surface area contributed by atoms with Crippen LogP contribution in [0.25, 0.3) is 0 Å². The van der Waals surface area contributed by atoms with E-state index in [1.165, 1.54) is 0 Å². The quantitative estimate of drug-likeness (QED) is 0.674. The monoisotopic (exact) mass is 285 g/mol. The third-order valence-corrected chi connectivity index (χ3v) is 4.28. The number of hydrogen-bond donors (Lipinski definition) is 2.